The number of ether oxygens (including phenoxy) is 1. The fraction of sp³-hybridized carbons (Fsp3) is 0.440. The molecule has 1 saturated heterocycles. The SMILES string of the molecule is COCCC(=O)NCc1ccc(-c2nccnc2N2CCN(Cc3cnn(C)c3C)CC2)cc1. The third kappa shape index (κ3) is 5.78. The molecule has 1 fully saturated rings. The molecule has 34 heavy (non-hydrogen) atoms. The molecule has 4 rings (SSSR count). The molecule has 0 atom stereocenters. The summed E-state index contributed by atoms with van der Waals surface area (Å²) in [7, 11) is 3.58. The number of aryl methyl sites for hydroxylation is 1. The molecule has 0 spiro atoms. The van der Waals surface area contributed by atoms with E-state index in [0.29, 0.717) is 19.6 Å². The zero-order valence-electron chi connectivity index (χ0n) is 20.2. The van der Waals surface area contributed by atoms with E-state index in [1.165, 1.54) is 11.3 Å². The van der Waals surface area contributed by atoms with E-state index in [1.54, 1.807) is 19.5 Å². The maximum absolute atomic E-state index is 11.8. The second-order valence-corrected chi connectivity index (χ2v) is 8.59. The normalized spacial score (nSPS) is 14.4. The molecular weight excluding hydrogens is 430 g/mol. The number of methoxy groups -OCH3 is 1. The lowest BCUT2D eigenvalue weighted by atomic mass is 10.1. The Labute approximate surface area is 200 Å². The molecule has 0 bridgehead atoms. The van der Waals surface area contributed by atoms with Crippen LogP contribution in [0.25, 0.3) is 11.3 Å². The summed E-state index contributed by atoms with van der Waals surface area (Å²) in [5, 5.41) is 7.28. The first-order chi connectivity index (χ1) is 16.5. The zero-order chi connectivity index (χ0) is 23.9. The van der Waals surface area contributed by atoms with Crippen molar-refractivity contribution in [1.29, 1.82) is 0 Å². The first-order valence-corrected chi connectivity index (χ1v) is 11.7. The van der Waals surface area contributed by atoms with Gasteiger partial charge in [-0.05, 0) is 12.5 Å². The number of nitrogens with one attached hydrogen (secondary N) is 1. The van der Waals surface area contributed by atoms with Crippen molar-refractivity contribution in [2.45, 2.75) is 26.4 Å². The average Bonchev–Trinajstić information content (AvgIpc) is 3.19. The highest BCUT2D eigenvalue weighted by Crippen LogP contribution is 2.28. The van der Waals surface area contributed by atoms with Crippen LogP contribution in [-0.2, 0) is 29.7 Å². The summed E-state index contributed by atoms with van der Waals surface area (Å²) in [5.41, 5.74) is 5.45. The van der Waals surface area contributed by atoms with Gasteiger partial charge in [-0.3, -0.25) is 19.4 Å². The first-order valence-electron chi connectivity index (χ1n) is 11.7. The van der Waals surface area contributed by atoms with E-state index in [2.05, 4.69) is 37.1 Å². The standard InChI is InChI=1S/C25H33N7O2/c1-19-22(17-29-30(19)2)18-31-11-13-32(14-12-31)25-24(26-9-10-27-25)21-6-4-20(5-7-21)16-28-23(33)8-15-34-3/h4-7,9-10,17H,8,11-16,18H2,1-3H3,(H,28,33). The molecule has 0 radical (unpaired) electrons. The number of anilines is 1. The van der Waals surface area contributed by atoms with Crippen LogP contribution in [-0.4, -0.2) is 70.5 Å². The van der Waals surface area contributed by atoms with Gasteiger partial charge in [0, 0.05) is 89.1 Å². The topological polar surface area (TPSA) is 88.4 Å². The summed E-state index contributed by atoms with van der Waals surface area (Å²) in [6.07, 6.45) is 5.84. The third-order valence-corrected chi connectivity index (χ3v) is 6.33. The van der Waals surface area contributed by atoms with Crippen LogP contribution in [0.15, 0.2) is 42.9 Å². The second-order valence-electron chi connectivity index (χ2n) is 8.59. The molecule has 3 heterocycles. The van der Waals surface area contributed by atoms with Crippen molar-refractivity contribution in [2.24, 2.45) is 7.05 Å². The minimum atomic E-state index is -0.0139. The van der Waals surface area contributed by atoms with E-state index >= 15 is 0 Å². The number of hydrogen-bond donors (Lipinski definition) is 1. The molecule has 180 valence electrons. The van der Waals surface area contributed by atoms with Gasteiger partial charge in [-0.25, -0.2) is 4.98 Å². The number of nitrogens with zero attached hydrogens (tertiary/aromatic N) is 6. The fourth-order valence-electron chi connectivity index (χ4n) is 4.09. The van der Waals surface area contributed by atoms with E-state index in [9.17, 15) is 4.79 Å². The van der Waals surface area contributed by atoms with E-state index in [0.717, 1.165) is 55.4 Å². The predicted molar refractivity (Wildman–Crippen MR) is 131 cm³/mol. The molecule has 1 aliphatic heterocycles. The van der Waals surface area contributed by atoms with Crippen LogP contribution < -0.4 is 10.2 Å². The highest BCUT2D eigenvalue weighted by molar-refractivity contribution is 5.76. The van der Waals surface area contributed by atoms with Crippen molar-refractivity contribution in [3.8, 4) is 11.3 Å². The van der Waals surface area contributed by atoms with Gasteiger partial charge in [0.2, 0.25) is 5.91 Å². The Morgan fingerprint density at radius 3 is 2.50 bits per heavy atom. The van der Waals surface area contributed by atoms with Crippen LogP contribution in [0, 0.1) is 6.92 Å². The number of benzene rings is 1. The summed E-state index contributed by atoms with van der Waals surface area (Å²) in [4.78, 5) is 25.9. The lowest BCUT2D eigenvalue weighted by Gasteiger charge is -2.35. The van der Waals surface area contributed by atoms with Gasteiger partial charge in [-0.15, -0.1) is 0 Å². The third-order valence-electron chi connectivity index (χ3n) is 6.33. The van der Waals surface area contributed by atoms with Gasteiger partial charge in [-0.1, -0.05) is 24.3 Å². The van der Waals surface area contributed by atoms with E-state index in [4.69, 9.17) is 4.74 Å². The Morgan fingerprint density at radius 1 is 1.09 bits per heavy atom. The quantitative estimate of drug-likeness (QED) is 0.520. The summed E-state index contributed by atoms with van der Waals surface area (Å²) in [5.74, 6) is 0.903. The van der Waals surface area contributed by atoms with E-state index in [1.807, 2.05) is 42.2 Å². The lowest BCUT2D eigenvalue weighted by molar-refractivity contribution is -0.122. The smallest absolute Gasteiger partial charge is 0.222 e. The Balaban J connectivity index is 1.37. The number of piperazine rings is 1. The van der Waals surface area contributed by atoms with Crippen molar-refractivity contribution < 1.29 is 9.53 Å². The molecule has 1 amide bonds. The van der Waals surface area contributed by atoms with Crippen molar-refractivity contribution in [2.75, 3.05) is 44.8 Å². The minimum Gasteiger partial charge on any atom is -0.384 e. The average molecular weight is 464 g/mol. The Morgan fingerprint density at radius 2 is 1.82 bits per heavy atom. The number of amides is 1. The molecule has 1 aromatic carbocycles. The maximum atomic E-state index is 11.8. The zero-order valence-corrected chi connectivity index (χ0v) is 20.2. The maximum Gasteiger partial charge on any atom is 0.222 e. The molecule has 0 saturated carbocycles. The van der Waals surface area contributed by atoms with Crippen molar-refractivity contribution in [3.05, 3.63) is 59.7 Å². The highest BCUT2D eigenvalue weighted by Gasteiger charge is 2.22. The van der Waals surface area contributed by atoms with Crippen LogP contribution in [0.5, 0.6) is 0 Å². The van der Waals surface area contributed by atoms with Crippen LogP contribution in [0.3, 0.4) is 0 Å². The highest BCUT2D eigenvalue weighted by atomic mass is 16.5. The van der Waals surface area contributed by atoms with Gasteiger partial charge in [0.15, 0.2) is 5.82 Å². The van der Waals surface area contributed by atoms with Gasteiger partial charge in [0.1, 0.15) is 5.69 Å². The number of rotatable bonds is 9. The van der Waals surface area contributed by atoms with Crippen LogP contribution in [0.4, 0.5) is 5.82 Å². The first kappa shape index (κ1) is 23.8. The summed E-state index contributed by atoms with van der Waals surface area (Å²) in [6, 6.07) is 8.15. The lowest BCUT2D eigenvalue weighted by Crippen LogP contribution is -2.46. The summed E-state index contributed by atoms with van der Waals surface area (Å²) >= 11 is 0. The Kier molecular flexibility index (Phi) is 7.87. The van der Waals surface area contributed by atoms with Crippen molar-refractivity contribution in [1.82, 2.24) is 30.0 Å². The molecule has 1 aliphatic rings. The number of hydrogen-bond acceptors (Lipinski definition) is 7. The predicted octanol–water partition coefficient (Wildman–Crippen LogP) is 2.16. The molecular formula is C25H33N7O2. The Hall–Kier alpha value is -3.30. The fourth-order valence-corrected chi connectivity index (χ4v) is 4.09. The van der Waals surface area contributed by atoms with E-state index in [-0.39, 0.29) is 5.91 Å². The largest absolute Gasteiger partial charge is 0.384 e. The molecule has 0 unspecified atom stereocenters. The molecule has 9 nitrogen and oxygen atoms in total. The van der Waals surface area contributed by atoms with Gasteiger partial charge < -0.3 is 15.0 Å². The van der Waals surface area contributed by atoms with Gasteiger partial charge in [-0.2, -0.15) is 5.10 Å². The van der Waals surface area contributed by atoms with Crippen LogP contribution >= 0.6 is 0 Å². The number of aromatic nitrogens is 4. The molecule has 3 aromatic rings. The molecule has 9 heteroatoms. The van der Waals surface area contributed by atoms with Gasteiger partial charge >= 0.3 is 0 Å². The monoisotopic (exact) mass is 463 g/mol. The van der Waals surface area contributed by atoms with Gasteiger partial charge in [0.25, 0.3) is 0 Å². The number of carbonyl (C=O) groups is 1. The Bertz CT molecular complexity index is 1090. The second kappa shape index (κ2) is 11.2. The molecule has 1 N–H and O–H groups in total. The van der Waals surface area contributed by atoms with E-state index < -0.39 is 0 Å². The number of carbonyl (C=O) groups excluding carboxylic acids is 1. The minimum absolute atomic E-state index is 0.0139. The molecule has 2 aromatic heterocycles. The summed E-state index contributed by atoms with van der Waals surface area (Å²) in [6.45, 7) is 7.69. The van der Waals surface area contributed by atoms with Crippen LogP contribution in [0.1, 0.15) is 23.2 Å². The molecule has 0 aliphatic carbocycles. The van der Waals surface area contributed by atoms with Crippen molar-refractivity contribution in [3.63, 3.8) is 0 Å². The van der Waals surface area contributed by atoms with Crippen LogP contribution in [0.2, 0.25) is 0 Å². The van der Waals surface area contributed by atoms with Gasteiger partial charge in [0.05, 0.1) is 12.8 Å². The summed E-state index contributed by atoms with van der Waals surface area (Å²) < 4.78 is 6.87. The van der Waals surface area contributed by atoms with Crippen molar-refractivity contribution >= 4 is 11.7 Å².